The van der Waals surface area contributed by atoms with Gasteiger partial charge in [0.05, 0.1) is 6.61 Å². The highest BCUT2D eigenvalue weighted by molar-refractivity contribution is 6.32. The number of nitrogens with one attached hydrogen (secondary N) is 1. The number of hydrogen-bond donors (Lipinski definition) is 1. The van der Waals surface area contributed by atoms with Crippen LogP contribution >= 0.6 is 11.6 Å². The van der Waals surface area contributed by atoms with E-state index in [2.05, 4.69) is 5.32 Å². The van der Waals surface area contributed by atoms with Crippen molar-refractivity contribution in [3.8, 4) is 5.75 Å². The Bertz CT molecular complexity index is 769. The van der Waals surface area contributed by atoms with E-state index in [1.54, 1.807) is 18.2 Å². The standard InChI is InChI=1S/C19H21ClN2O4/c1-2-26-16-9-8-13(20)10-12(16)11-15-17(23)21-19(25)22(18(15)24)14-6-4-3-5-7-14/h8-11,14H,2-7H2,1H3,(H,21,23,25). The molecule has 0 spiro atoms. The molecule has 0 atom stereocenters. The van der Waals surface area contributed by atoms with E-state index in [1.165, 1.54) is 11.0 Å². The van der Waals surface area contributed by atoms with Crippen LogP contribution in [0.2, 0.25) is 5.02 Å². The van der Waals surface area contributed by atoms with Gasteiger partial charge in [0.1, 0.15) is 11.3 Å². The molecular formula is C19H21ClN2O4. The van der Waals surface area contributed by atoms with Crippen molar-refractivity contribution >= 4 is 35.5 Å². The number of rotatable bonds is 4. The summed E-state index contributed by atoms with van der Waals surface area (Å²) in [7, 11) is 0. The van der Waals surface area contributed by atoms with Gasteiger partial charge in [-0.3, -0.25) is 19.8 Å². The van der Waals surface area contributed by atoms with Crippen LogP contribution in [-0.2, 0) is 9.59 Å². The van der Waals surface area contributed by atoms with Gasteiger partial charge >= 0.3 is 6.03 Å². The van der Waals surface area contributed by atoms with Crippen molar-refractivity contribution in [3.63, 3.8) is 0 Å². The third-order valence-electron chi connectivity index (χ3n) is 4.64. The number of nitrogens with zero attached hydrogens (tertiary/aromatic N) is 1. The Balaban J connectivity index is 1.96. The van der Waals surface area contributed by atoms with Gasteiger partial charge in [0.15, 0.2) is 0 Å². The molecule has 4 amide bonds. The van der Waals surface area contributed by atoms with Crippen molar-refractivity contribution in [2.75, 3.05) is 6.61 Å². The summed E-state index contributed by atoms with van der Waals surface area (Å²) in [5.74, 6) is -0.742. The molecule has 1 aromatic carbocycles. The van der Waals surface area contributed by atoms with Crippen LogP contribution in [0.25, 0.3) is 6.08 Å². The van der Waals surface area contributed by atoms with Gasteiger partial charge in [-0.2, -0.15) is 0 Å². The van der Waals surface area contributed by atoms with Crippen molar-refractivity contribution in [1.82, 2.24) is 10.2 Å². The lowest BCUT2D eigenvalue weighted by atomic mass is 9.93. The normalized spacial score (nSPS) is 20.5. The Morgan fingerprint density at radius 2 is 1.96 bits per heavy atom. The number of carbonyl (C=O) groups excluding carboxylic acids is 3. The topological polar surface area (TPSA) is 75.7 Å². The van der Waals surface area contributed by atoms with Gasteiger partial charge in [0, 0.05) is 16.6 Å². The van der Waals surface area contributed by atoms with E-state index in [0.29, 0.717) is 22.9 Å². The van der Waals surface area contributed by atoms with E-state index in [9.17, 15) is 14.4 Å². The first kappa shape index (κ1) is 18.5. The van der Waals surface area contributed by atoms with E-state index in [4.69, 9.17) is 16.3 Å². The summed E-state index contributed by atoms with van der Waals surface area (Å²) in [6, 6.07) is 4.18. The first-order valence-electron chi connectivity index (χ1n) is 8.84. The van der Waals surface area contributed by atoms with Crippen molar-refractivity contribution in [1.29, 1.82) is 0 Å². The fraction of sp³-hybridized carbons (Fsp3) is 0.421. The number of imide groups is 2. The minimum absolute atomic E-state index is 0.0848. The molecule has 0 radical (unpaired) electrons. The van der Waals surface area contributed by atoms with E-state index < -0.39 is 17.8 Å². The number of urea groups is 1. The SMILES string of the molecule is CCOc1ccc(Cl)cc1C=C1C(=O)NC(=O)N(C2CCCCC2)C1=O. The molecule has 1 aromatic rings. The zero-order chi connectivity index (χ0) is 18.7. The smallest absolute Gasteiger partial charge is 0.331 e. The van der Waals surface area contributed by atoms with Crippen LogP contribution in [0.3, 0.4) is 0 Å². The fourth-order valence-electron chi connectivity index (χ4n) is 3.42. The number of halogens is 1. The largest absolute Gasteiger partial charge is 0.493 e. The Morgan fingerprint density at radius 3 is 2.65 bits per heavy atom. The molecule has 1 saturated heterocycles. The number of hydrogen-bond acceptors (Lipinski definition) is 4. The van der Waals surface area contributed by atoms with Crippen LogP contribution < -0.4 is 10.1 Å². The Kier molecular flexibility index (Phi) is 5.61. The molecule has 0 bridgehead atoms. The van der Waals surface area contributed by atoms with E-state index >= 15 is 0 Å². The quantitative estimate of drug-likeness (QED) is 0.644. The second-order valence-electron chi connectivity index (χ2n) is 6.40. The molecule has 0 unspecified atom stereocenters. The van der Waals surface area contributed by atoms with Gasteiger partial charge in [0.25, 0.3) is 11.8 Å². The summed E-state index contributed by atoms with van der Waals surface area (Å²) >= 11 is 6.05. The van der Waals surface area contributed by atoms with Gasteiger partial charge in [-0.25, -0.2) is 4.79 Å². The van der Waals surface area contributed by atoms with E-state index in [0.717, 1.165) is 32.1 Å². The van der Waals surface area contributed by atoms with Gasteiger partial charge in [-0.1, -0.05) is 30.9 Å². The van der Waals surface area contributed by atoms with Gasteiger partial charge in [0.2, 0.25) is 0 Å². The number of ether oxygens (including phenoxy) is 1. The maximum Gasteiger partial charge on any atom is 0.331 e. The Hall–Kier alpha value is -2.34. The number of amides is 4. The highest BCUT2D eigenvalue weighted by atomic mass is 35.5. The molecule has 3 rings (SSSR count). The zero-order valence-corrected chi connectivity index (χ0v) is 15.3. The predicted molar refractivity (Wildman–Crippen MR) is 97.9 cm³/mol. The summed E-state index contributed by atoms with van der Waals surface area (Å²) < 4.78 is 5.54. The van der Waals surface area contributed by atoms with Crippen LogP contribution in [0, 0.1) is 0 Å². The molecule has 1 aliphatic carbocycles. The van der Waals surface area contributed by atoms with Crippen LogP contribution in [0.15, 0.2) is 23.8 Å². The van der Waals surface area contributed by atoms with E-state index in [1.807, 2.05) is 6.92 Å². The molecular weight excluding hydrogens is 356 g/mol. The maximum absolute atomic E-state index is 12.9. The average molecular weight is 377 g/mol. The molecule has 7 heteroatoms. The van der Waals surface area contributed by atoms with Crippen molar-refractivity contribution < 1.29 is 19.1 Å². The number of barbiturate groups is 1. The third kappa shape index (κ3) is 3.75. The minimum atomic E-state index is -0.700. The molecule has 26 heavy (non-hydrogen) atoms. The molecule has 1 N–H and O–H groups in total. The monoisotopic (exact) mass is 376 g/mol. The first-order valence-corrected chi connectivity index (χ1v) is 9.22. The van der Waals surface area contributed by atoms with Crippen LogP contribution in [0.1, 0.15) is 44.6 Å². The second kappa shape index (κ2) is 7.91. The summed E-state index contributed by atoms with van der Waals surface area (Å²) in [5.41, 5.74) is 0.439. The van der Waals surface area contributed by atoms with Gasteiger partial charge in [-0.15, -0.1) is 0 Å². The number of benzene rings is 1. The van der Waals surface area contributed by atoms with Crippen molar-refractivity contribution in [2.24, 2.45) is 0 Å². The predicted octanol–water partition coefficient (Wildman–Crippen LogP) is 3.53. The molecule has 6 nitrogen and oxygen atoms in total. The van der Waals surface area contributed by atoms with Crippen molar-refractivity contribution in [3.05, 3.63) is 34.4 Å². The lowest BCUT2D eigenvalue weighted by Crippen LogP contribution is -2.58. The van der Waals surface area contributed by atoms with Crippen LogP contribution in [-0.4, -0.2) is 35.4 Å². The fourth-order valence-corrected chi connectivity index (χ4v) is 3.60. The molecule has 2 aliphatic rings. The lowest BCUT2D eigenvalue weighted by molar-refractivity contribution is -0.132. The van der Waals surface area contributed by atoms with Crippen LogP contribution in [0.4, 0.5) is 4.79 Å². The van der Waals surface area contributed by atoms with Crippen molar-refractivity contribution in [2.45, 2.75) is 45.1 Å². The molecule has 1 saturated carbocycles. The van der Waals surface area contributed by atoms with E-state index in [-0.39, 0.29) is 11.6 Å². The second-order valence-corrected chi connectivity index (χ2v) is 6.84. The highest BCUT2D eigenvalue weighted by Crippen LogP contribution is 2.29. The summed E-state index contributed by atoms with van der Waals surface area (Å²) in [6.45, 7) is 2.28. The minimum Gasteiger partial charge on any atom is -0.493 e. The summed E-state index contributed by atoms with van der Waals surface area (Å²) in [4.78, 5) is 38.6. The first-order chi connectivity index (χ1) is 12.5. The molecule has 1 heterocycles. The molecule has 138 valence electrons. The lowest BCUT2D eigenvalue weighted by Gasteiger charge is -2.35. The average Bonchev–Trinajstić information content (AvgIpc) is 2.61. The van der Waals surface area contributed by atoms with Gasteiger partial charge in [-0.05, 0) is 44.0 Å². The Morgan fingerprint density at radius 1 is 1.23 bits per heavy atom. The molecule has 2 fully saturated rings. The zero-order valence-electron chi connectivity index (χ0n) is 14.6. The number of carbonyl (C=O) groups is 3. The maximum atomic E-state index is 12.9. The third-order valence-corrected chi connectivity index (χ3v) is 4.88. The molecule has 1 aliphatic heterocycles. The molecule has 0 aromatic heterocycles. The summed E-state index contributed by atoms with van der Waals surface area (Å²) in [5, 5.41) is 2.74. The highest BCUT2D eigenvalue weighted by Gasteiger charge is 2.40. The van der Waals surface area contributed by atoms with Crippen LogP contribution in [0.5, 0.6) is 5.75 Å². The summed E-state index contributed by atoms with van der Waals surface area (Å²) in [6.07, 6.45) is 6.01. The Labute approximate surface area is 157 Å². The van der Waals surface area contributed by atoms with Gasteiger partial charge < -0.3 is 4.74 Å².